The van der Waals surface area contributed by atoms with Crippen LogP contribution in [0.3, 0.4) is 0 Å². The van der Waals surface area contributed by atoms with E-state index in [-0.39, 0.29) is 86.1 Å². The summed E-state index contributed by atoms with van der Waals surface area (Å²) >= 11 is 0. The van der Waals surface area contributed by atoms with Crippen molar-refractivity contribution in [1.82, 2.24) is 42.1 Å². The fourth-order valence-electron chi connectivity index (χ4n) is 7.94. The van der Waals surface area contributed by atoms with Crippen molar-refractivity contribution in [3.8, 4) is 5.75 Å². The largest absolute Gasteiger partial charge is 0.508 e. The van der Waals surface area contributed by atoms with Crippen LogP contribution in [0.4, 0.5) is 5.69 Å². The van der Waals surface area contributed by atoms with Crippen LogP contribution in [0.15, 0.2) is 53.5 Å². The van der Waals surface area contributed by atoms with E-state index in [1.807, 2.05) is 0 Å². The Kier molecular flexibility index (Phi) is 24.3. The number of phenolic OH excluding ortho intramolecular Hbond substituents is 1. The number of nitro benzene ring substituents is 1. The molecule has 30 nitrogen and oxygen atoms in total. The van der Waals surface area contributed by atoms with Gasteiger partial charge in [-0.25, -0.2) is 0 Å². The molecule has 0 radical (unpaired) electrons. The molecule has 0 bridgehead atoms. The van der Waals surface area contributed by atoms with Gasteiger partial charge in [0.2, 0.25) is 65.0 Å². The summed E-state index contributed by atoms with van der Waals surface area (Å²) in [7, 11) is 1.92. The average Bonchev–Trinajstić information content (AvgIpc) is 3.90. The fourth-order valence-corrected chi connectivity index (χ4v) is 10.2. The number of primary amides is 3. The topological polar surface area (TPSA) is 507 Å². The van der Waals surface area contributed by atoms with Gasteiger partial charge in [-0.15, -0.1) is 0 Å². The van der Waals surface area contributed by atoms with E-state index >= 15 is 0 Å². The number of nitrogens with two attached hydrogens (primary N) is 6. The zero-order chi connectivity index (χ0) is 57.6. The molecule has 8 atom stereocenters. The highest BCUT2D eigenvalue weighted by Crippen LogP contribution is 2.26. The smallest absolute Gasteiger partial charge is 0.269 e. The normalized spacial score (nSPS) is 22.1. The van der Waals surface area contributed by atoms with Gasteiger partial charge in [0.25, 0.3) is 5.69 Å². The third kappa shape index (κ3) is 20.4. The van der Waals surface area contributed by atoms with Gasteiger partial charge in [-0.05, 0) is 55.4 Å². The second-order valence-corrected chi connectivity index (χ2v) is 20.6. The number of nitro groups is 1. The van der Waals surface area contributed by atoms with E-state index < -0.39 is 144 Å². The number of likely N-dealkylation sites (tertiary alicyclic amines) is 1. The van der Waals surface area contributed by atoms with Gasteiger partial charge in [-0.3, -0.25) is 67.8 Å². The van der Waals surface area contributed by atoms with Crippen molar-refractivity contribution in [3.05, 3.63) is 69.8 Å². The molecular formula is C46H64N16O14S2. The molecule has 2 unspecified atom stereocenters. The number of non-ortho nitro benzene ring substituents is 1. The number of nitrogens with one attached hydrogen (secondary N) is 7. The summed E-state index contributed by atoms with van der Waals surface area (Å²) in [5.74, 6) is -11.3. The Hall–Kier alpha value is -8.26. The van der Waals surface area contributed by atoms with Crippen LogP contribution in [0.1, 0.15) is 56.1 Å². The van der Waals surface area contributed by atoms with Crippen molar-refractivity contribution in [2.45, 2.75) is 106 Å². The molecule has 2 aliphatic rings. The quantitative estimate of drug-likeness (QED) is 0.0147. The molecule has 2 saturated heterocycles. The summed E-state index contributed by atoms with van der Waals surface area (Å²) in [5.41, 5.74) is 33.7. The minimum Gasteiger partial charge on any atom is -0.508 e. The number of hydrogen-bond acceptors (Lipinski definition) is 18. The molecule has 0 spiro atoms. The minimum absolute atomic E-state index is 0.0183. The minimum atomic E-state index is -1.86. The predicted molar refractivity (Wildman–Crippen MR) is 282 cm³/mol. The maximum atomic E-state index is 14.6. The molecule has 2 aromatic carbocycles. The zero-order valence-electron chi connectivity index (χ0n) is 42.0. The number of guanidine groups is 1. The van der Waals surface area contributed by atoms with Gasteiger partial charge < -0.3 is 81.6 Å². The third-order valence-corrected chi connectivity index (χ3v) is 14.4. The molecule has 32 heteroatoms. The van der Waals surface area contributed by atoms with Gasteiger partial charge in [0.15, 0.2) is 5.96 Å². The number of benzene rings is 2. The predicted octanol–water partition coefficient (Wildman–Crippen LogP) is -5.50. The molecule has 2 fully saturated rings. The van der Waals surface area contributed by atoms with Crippen molar-refractivity contribution < 1.29 is 62.8 Å². The van der Waals surface area contributed by atoms with Crippen LogP contribution in [0, 0.1) is 10.1 Å². The van der Waals surface area contributed by atoms with E-state index in [4.69, 9.17) is 34.4 Å². The fraction of sp³-hybridized carbons (Fsp3) is 0.478. The van der Waals surface area contributed by atoms with Crippen LogP contribution in [0.25, 0.3) is 0 Å². The first-order chi connectivity index (χ1) is 36.9. The van der Waals surface area contributed by atoms with E-state index in [2.05, 4.69) is 42.2 Å². The molecule has 20 N–H and O–H groups in total. The molecule has 0 aromatic heterocycles. The van der Waals surface area contributed by atoms with Gasteiger partial charge in [0.05, 0.1) is 23.9 Å². The molecule has 2 aromatic rings. The first-order valence-electron chi connectivity index (χ1n) is 24.2. The summed E-state index contributed by atoms with van der Waals surface area (Å²) in [6.45, 7) is -0.503. The summed E-state index contributed by atoms with van der Waals surface area (Å²) in [6.07, 6.45) is -1.97. The van der Waals surface area contributed by atoms with Crippen LogP contribution in [-0.2, 0) is 65.6 Å². The van der Waals surface area contributed by atoms with Gasteiger partial charge >= 0.3 is 0 Å². The lowest BCUT2D eigenvalue weighted by Crippen LogP contribution is -2.61. The first-order valence-corrected chi connectivity index (χ1v) is 26.7. The Labute approximate surface area is 453 Å². The summed E-state index contributed by atoms with van der Waals surface area (Å²) in [4.78, 5) is 164. The van der Waals surface area contributed by atoms with Crippen LogP contribution in [-0.4, -0.2) is 165 Å². The molecule has 424 valence electrons. The number of rotatable bonds is 20. The number of aliphatic imine (C=N–C) groups is 1. The van der Waals surface area contributed by atoms with Gasteiger partial charge in [-0.2, -0.15) is 0 Å². The lowest BCUT2D eigenvalue weighted by atomic mass is 10.0. The Bertz CT molecular complexity index is 2570. The lowest BCUT2D eigenvalue weighted by molar-refractivity contribution is -0.384. The number of carbonyl (C=O) groups is 11. The van der Waals surface area contributed by atoms with E-state index in [9.17, 15) is 68.0 Å². The summed E-state index contributed by atoms with van der Waals surface area (Å²) in [6, 6.07) is -1.50. The second kappa shape index (κ2) is 30.5. The number of hydrogen-bond donors (Lipinski definition) is 14. The Balaban J connectivity index is 1.73. The van der Waals surface area contributed by atoms with E-state index in [0.717, 1.165) is 38.6 Å². The molecular weight excluding hydrogens is 1060 g/mol. The monoisotopic (exact) mass is 1130 g/mol. The summed E-state index contributed by atoms with van der Waals surface area (Å²) < 4.78 is 0. The van der Waals surface area contributed by atoms with Crippen molar-refractivity contribution >= 4 is 98.2 Å². The van der Waals surface area contributed by atoms with Gasteiger partial charge in [-0.1, -0.05) is 45.9 Å². The molecule has 4 rings (SSSR count). The average molecular weight is 1130 g/mol. The first kappa shape index (κ1) is 62.3. The zero-order valence-corrected chi connectivity index (χ0v) is 43.6. The van der Waals surface area contributed by atoms with Crippen molar-refractivity contribution in [2.24, 2.45) is 39.4 Å². The second-order valence-electron chi connectivity index (χ2n) is 18.0. The van der Waals surface area contributed by atoms with E-state index in [1.165, 1.54) is 36.4 Å². The molecule has 78 heavy (non-hydrogen) atoms. The Morgan fingerprint density at radius 3 is 1.87 bits per heavy atom. The number of aromatic hydroxyl groups is 1. The summed E-state index contributed by atoms with van der Waals surface area (Å²) in [5, 5.41) is 38.7. The molecule has 0 saturated carbocycles. The van der Waals surface area contributed by atoms with Gasteiger partial charge in [0.1, 0.15) is 48.0 Å². The highest BCUT2D eigenvalue weighted by Gasteiger charge is 2.41. The van der Waals surface area contributed by atoms with E-state index in [1.54, 1.807) is 0 Å². The lowest BCUT2D eigenvalue weighted by Gasteiger charge is -2.31. The van der Waals surface area contributed by atoms with Gasteiger partial charge in [0, 0.05) is 56.0 Å². The molecule has 2 heterocycles. The number of carbonyl (C=O) groups excluding carboxylic acids is 11. The Morgan fingerprint density at radius 1 is 0.744 bits per heavy atom. The molecule has 2 aliphatic heterocycles. The van der Waals surface area contributed by atoms with Crippen LogP contribution in [0.5, 0.6) is 5.75 Å². The highest BCUT2D eigenvalue weighted by atomic mass is 33.1. The van der Waals surface area contributed by atoms with Crippen LogP contribution < -0.4 is 71.6 Å². The highest BCUT2D eigenvalue weighted by molar-refractivity contribution is 8.76. The third-order valence-electron chi connectivity index (χ3n) is 12.0. The van der Waals surface area contributed by atoms with Crippen molar-refractivity contribution in [1.29, 1.82) is 0 Å². The molecule has 11 amide bonds. The molecule has 0 aliphatic carbocycles. The standard InChI is InChI=1S/C46H64N16O14S2/c47-27-21-77-78-22-33(45(74)61-16-2-4-34(61)44(73)56-28(3-1-15-53-46(51)52)39(68)54-20-37(50)66)60-43(72)32(19-36(49)65)59-40(69)29(13-14-35(48)64)55-41(70)31(17-23-5-9-25(10-6-23)62(75)76)58-42(71)30(57-38(27)67)18-24-7-11-26(63)12-8-24/h5-12,27-34,63H,1-4,13-22,47H2,(H2,48,64)(H2,49,65)(H2,50,66)(H,54,68)(H,55,70)(H,56,73)(H,57,67)(H,58,71)(H,59,69)(H,60,72)(H4,51,52,53)/t27-,28-,29-,30?,31-,32?,33-,34-/m0/s1. The SMILES string of the molecule is NC(=O)CC[C@@H]1NC(=O)[C@H](Cc2ccc([N+](=O)[O-])cc2)NC(=O)C(Cc2ccc(O)cc2)NC(=O)[C@@H](N)CSSC[C@@H](C(=O)N2CCC[C@H]2C(=O)N[C@@H](CCCN=C(N)N)C(=O)NCC(N)=O)NC(=O)C(CC(N)=O)NC1=O. The van der Waals surface area contributed by atoms with Crippen LogP contribution >= 0.6 is 21.6 Å². The maximum Gasteiger partial charge on any atom is 0.269 e. The van der Waals surface area contributed by atoms with Crippen LogP contribution in [0.2, 0.25) is 0 Å². The maximum absolute atomic E-state index is 14.6. The van der Waals surface area contributed by atoms with E-state index in [0.29, 0.717) is 5.56 Å². The number of amides is 11. The van der Waals surface area contributed by atoms with Crippen molar-refractivity contribution in [2.75, 3.05) is 31.1 Å². The number of nitrogens with zero attached hydrogens (tertiary/aromatic N) is 3. The van der Waals surface area contributed by atoms with Crippen molar-refractivity contribution in [3.63, 3.8) is 0 Å². The Morgan fingerprint density at radius 2 is 1.29 bits per heavy atom. The number of phenols is 1.